The summed E-state index contributed by atoms with van der Waals surface area (Å²) in [6.07, 6.45) is -4.67. The van der Waals surface area contributed by atoms with Gasteiger partial charge in [0, 0.05) is 36.7 Å². The number of alkyl halides is 3. The Morgan fingerprint density at radius 2 is 1.86 bits per heavy atom. The lowest BCUT2D eigenvalue weighted by atomic mass is 10.1. The van der Waals surface area contributed by atoms with Gasteiger partial charge in [0.1, 0.15) is 5.75 Å². The van der Waals surface area contributed by atoms with E-state index in [1.54, 1.807) is 0 Å². The van der Waals surface area contributed by atoms with Crippen LogP contribution < -0.4 is 10.1 Å². The molecular weight excluding hydrogens is 373 g/mol. The first-order valence-corrected chi connectivity index (χ1v) is 7.15. The maximum Gasteiger partial charge on any atom is 0.573 e. The van der Waals surface area contributed by atoms with Crippen LogP contribution in [0.1, 0.15) is 18.5 Å². The number of ether oxygens (including phenoxy) is 1. The largest absolute Gasteiger partial charge is 0.573 e. The van der Waals surface area contributed by atoms with Crippen molar-refractivity contribution < 1.29 is 17.9 Å². The number of piperazine rings is 1. The third kappa shape index (κ3) is 5.65. The maximum atomic E-state index is 12.3. The van der Waals surface area contributed by atoms with Crippen molar-refractivity contribution in [1.82, 2.24) is 10.2 Å². The van der Waals surface area contributed by atoms with E-state index in [9.17, 15) is 13.2 Å². The van der Waals surface area contributed by atoms with Gasteiger partial charge in [0.25, 0.3) is 0 Å². The molecule has 1 aliphatic heterocycles. The summed E-state index contributed by atoms with van der Waals surface area (Å²) in [6.45, 7) is 5.53. The van der Waals surface area contributed by atoms with Crippen molar-refractivity contribution in [1.29, 1.82) is 0 Å². The molecule has 1 N–H and O–H groups in total. The molecule has 0 bridgehead atoms. The van der Waals surface area contributed by atoms with Gasteiger partial charge in [-0.1, -0.05) is 15.9 Å². The minimum atomic E-state index is -4.67. The van der Waals surface area contributed by atoms with Crippen molar-refractivity contribution in [3.8, 4) is 5.75 Å². The van der Waals surface area contributed by atoms with E-state index < -0.39 is 6.36 Å². The molecule has 1 aromatic carbocycles. The lowest BCUT2D eigenvalue weighted by molar-refractivity contribution is -0.274. The highest BCUT2D eigenvalue weighted by atomic mass is 79.9. The fourth-order valence-corrected chi connectivity index (χ4v) is 2.79. The molecule has 21 heavy (non-hydrogen) atoms. The van der Waals surface area contributed by atoms with E-state index in [4.69, 9.17) is 0 Å². The van der Waals surface area contributed by atoms with Crippen LogP contribution in [0.2, 0.25) is 0 Å². The molecule has 0 aromatic heterocycles. The average Bonchev–Trinajstić information content (AvgIpc) is 2.36. The van der Waals surface area contributed by atoms with Gasteiger partial charge < -0.3 is 10.1 Å². The molecule has 0 unspecified atom stereocenters. The van der Waals surface area contributed by atoms with Crippen molar-refractivity contribution in [3.05, 3.63) is 28.2 Å². The second-order valence-electron chi connectivity index (χ2n) is 4.73. The zero-order valence-electron chi connectivity index (χ0n) is 11.4. The number of hydrogen-bond donors (Lipinski definition) is 1. The van der Waals surface area contributed by atoms with E-state index >= 15 is 0 Å². The fourth-order valence-electron chi connectivity index (χ4n) is 2.30. The van der Waals surface area contributed by atoms with Crippen LogP contribution in [0.5, 0.6) is 5.75 Å². The van der Waals surface area contributed by atoms with Gasteiger partial charge in [-0.2, -0.15) is 0 Å². The molecule has 1 saturated heterocycles. The van der Waals surface area contributed by atoms with E-state index in [0.29, 0.717) is 4.47 Å². The minimum Gasteiger partial charge on any atom is -0.406 e. The van der Waals surface area contributed by atoms with Crippen LogP contribution in [-0.2, 0) is 0 Å². The highest BCUT2D eigenvalue weighted by molar-refractivity contribution is 9.10. The standard InChI is InChI=1S/C13H16BrF3N2O.ClH/c1-9(19-4-2-18-3-5-19)10-6-11(14)8-12(7-10)20-13(15,16)17;/h6-9,18H,2-5H2,1H3;1H/t9-;/m1./s1. The quantitative estimate of drug-likeness (QED) is 0.852. The van der Waals surface area contributed by atoms with Crippen LogP contribution in [-0.4, -0.2) is 37.4 Å². The van der Waals surface area contributed by atoms with E-state index in [1.807, 2.05) is 13.0 Å². The zero-order valence-corrected chi connectivity index (χ0v) is 13.8. The number of hydrogen-bond acceptors (Lipinski definition) is 3. The molecule has 1 aromatic rings. The Hall–Kier alpha value is -0.500. The summed E-state index contributed by atoms with van der Waals surface area (Å²) in [6, 6.07) is 4.65. The molecule has 2 rings (SSSR count). The Morgan fingerprint density at radius 1 is 1.24 bits per heavy atom. The number of benzene rings is 1. The van der Waals surface area contributed by atoms with Crippen LogP contribution in [0.4, 0.5) is 13.2 Å². The normalized spacial score (nSPS) is 18.0. The van der Waals surface area contributed by atoms with Crippen LogP contribution in [0.15, 0.2) is 22.7 Å². The van der Waals surface area contributed by atoms with Gasteiger partial charge in [-0.25, -0.2) is 0 Å². The highest BCUT2D eigenvalue weighted by Gasteiger charge is 2.31. The molecule has 1 heterocycles. The molecule has 0 amide bonds. The van der Waals surface area contributed by atoms with Crippen molar-refractivity contribution >= 4 is 28.3 Å². The van der Waals surface area contributed by atoms with Crippen LogP contribution in [0, 0.1) is 0 Å². The average molecular weight is 390 g/mol. The van der Waals surface area contributed by atoms with Gasteiger partial charge in [0.05, 0.1) is 0 Å². The Labute approximate surface area is 136 Å². The Balaban J connectivity index is 0.00000220. The van der Waals surface area contributed by atoms with E-state index in [1.165, 1.54) is 12.1 Å². The molecule has 0 aliphatic carbocycles. The fraction of sp³-hybridized carbons (Fsp3) is 0.538. The Bertz CT molecular complexity index is 467. The first kappa shape index (κ1) is 18.5. The molecule has 0 spiro atoms. The third-order valence-corrected chi connectivity index (χ3v) is 3.77. The first-order chi connectivity index (χ1) is 9.35. The summed E-state index contributed by atoms with van der Waals surface area (Å²) in [5, 5.41) is 3.25. The monoisotopic (exact) mass is 388 g/mol. The van der Waals surface area contributed by atoms with E-state index in [0.717, 1.165) is 31.7 Å². The Morgan fingerprint density at radius 3 is 2.43 bits per heavy atom. The third-order valence-electron chi connectivity index (χ3n) is 3.31. The summed E-state index contributed by atoms with van der Waals surface area (Å²) in [5.41, 5.74) is 0.806. The van der Waals surface area contributed by atoms with Crippen LogP contribution in [0.25, 0.3) is 0 Å². The predicted molar refractivity (Wildman–Crippen MR) is 80.9 cm³/mol. The summed E-state index contributed by atoms with van der Waals surface area (Å²) in [7, 11) is 0. The molecular formula is C13H17BrClF3N2O. The van der Waals surface area contributed by atoms with Gasteiger partial charge in [0.15, 0.2) is 0 Å². The van der Waals surface area contributed by atoms with Gasteiger partial charge >= 0.3 is 6.36 Å². The second kappa shape index (κ2) is 7.67. The second-order valence-corrected chi connectivity index (χ2v) is 5.65. The van der Waals surface area contributed by atoms with Crippen molar-refractivity contribution in [2.24, 2.45) is 0 Å². The lowest BCUT2D eigenvalue weighted by Gasteiger charge is -2.33. The van der Waals surface area contributed by atoms with E-state index in [2.05, 4.69) is 30.9 Å². The summed E-state index contributed by atoms with van der Waals surface area (Å²) in [5.74, 6) is -0.191. The summed E-state index contributed by atoms with van der Waals surface area (Å²) in [4.78, 5) is 2.23. The summed E-state index contributed by atoms with van der Waals surface area (Å²) >= 11 is 3.23. The number of rotatable bonds is 3. The molecule has 0 saturated carbocycles. The molecule has 0 radical (unpaired) electrons. The molecule has 8 heteroatoms. The lowest BCUT2D eigenvalue weighted by Crippen LogP contribution is -2.44. The minimum absolute atomic E-state index is 0. The topological polar surface area (TPSA) is 24.5 Å². The van der Waals surface area contributed by atoms with Crippen LogP contribution >= 0.6 is 28.3 Å². The van der Waals surface area contributed by atoms with Crippen molar-refractivity contribution in [3.63, 3.8) is 0 Å². The van der Waals surface area contributed by atoms with Gasteiger partial charge in [-0.05, 0) is 30.7 Å². The summed E-state index contributed by atoms with van der Waals surface area (Å²) < 4.78 is 41.5. The zero-order chi connectivity index (χ0) is 14.8. The van der Waals surface area contributed by atoms with Crippen molar-refractivity contribution in [2.75, 3.05) is 26.2 Å². The van der Waals surface area contributed by atoms with Crippen LogP contribution in [0.3, 0.4) is 0 Å². The number of nitrogens with one attached hydrogen (secondary N) is 1. The molecule has 1 aliphatic rings. The smallest absolute Gasteiger partial charge is 0.406 e. The number of halogens is 5. The predicted octanol–water partition coefficient (Wildman–Crippen LogP) is 3.74. The molecule has 120 valence electrons. The molecule has 1 atom stereocenters. The van der Waals surface area contributed by atoms with E-state index in [-0.39, 0.29) is 24.2 Å². The van der Waals surface area contributed by atoms with Crippen molar-refractivity contribution in [2.45, 2.75) is 19.3 Å². The first-order valence-electron chi connectivity index (χ1n) is 6.36. The number of nitrogens with zero attached hydrogens (tertiary/aromatic N) is 1. The van der Waals surface area contributed by atoms with Gasteiger partial charge in [-0.15, -0.1) is 25.6 Å². The maximum absolute atomic E-state index is 12.3. The Kier molecular flexibility index (Phi) is 6.77. The SMILES string of the molecule is C[C@H](c1cc(Br)cc(OC(F)(F)F)c1)N1CCNCC1.Cl. The molecule has 3 nitrogen and oxygen atoms in total. The highest BCUT2D eigenvalue weighted by Crippen LogP contribution is 2.31. The van der Waals surface area contributed by atoms with Gasteiger partial charge in [-0.3, -0.25) is 4.90 Å². The molecule has 1 fully saturated rings. The van der Waals surface area contributed by atoms with Gasteiger partial charge in [0.2, 0.25) is 0 Å².